The first kappa shape index (κ1) is 12.1. The van der Waals surface area contributed by atoms with E-state index in [-0.39, 0.29) is 5.41 Å². The van der Waals surface area contributed by atoms with Gasteiger partial charge in [-0.05, 0) is 42.2 Å². The number of hydrogen-bond acceptors (Lipinski definition) is 3. The van der Waals surface area contributed by atoms with Crippen LogP contribution in [0.25, 0.3) is 0 Å². The zero-order valence-electron chi connectivity index (χ0n) is 9.91. The molecule has 2 nitrogen and oxygen atoms in total. The minimum atomic E-state index is 0.157. The molecule has 0 amide bonds. The molecule has 0 bridgehead atoms. The van der Waals surface area contributed by atoms with E-state index < -0.39 is 0 Å². The largest absolute Gasteiger partial charge is 0.396 e. The average molecular weight is 239 g/mol. The van der Waals surface area contributed by atoms with E-state index in [1.165, 1.54) is 31.2 Å². The summed E-state index contributed by atoms with van der Waals surface area (Å²) in [6, 6.07) is 2.57. The molecule has 1 aromatic rings. The van der Waals surface area contributed by atoms with Gasteiger partial charge in [0.25, 0.3) is 0 Å². The van der Waals surface area contributed by atoms with Crippen molar-refractivity contribution >= 4 is 11.3 Å². The minimum Gasteiger partial charge on any atom is -0.396 e. The van der Waals surface area contributed by atoms with Crippen LogP contribution in [0.5, 0.6) is 0 Å². The van der Waals surface area contributed by atoms with Crippen LogP contribution in [-0.2, 0) is 0 Å². The molecule has 1 saturated carbocycles. The fraction of sp³-hybridized carbons (Fsp3) is 0.692. The van der Waals surface area contributed by atoms with E-state index in [0.717, 1.165) is 6.54 Å². The van der Waals surface area contributed by atoms with Crippen LogP contribution in [-0.4, -0.2) is 18.3 Å². The highest BCUT2D eigenvalue weighted by Crippen LogP contribution is 2.37. The topological polar surface area (TPSA) is 32.3 Å². The van der Waals surface area contributed by atoms with E-state index in [0.29, 0.717) is 12.6 Å². The van der Waals surface area contributed by atoms with Crippen molar-refractivity contribution in [2.75, 3.05) is 13.2 Å². The first-order chi connectivity index (χ1) is 7.76. The third-order valence-electron chi connectivity index (χ3n) is 3.83. The molecule has 0 aromatic carbocycles. The second kappa shape index (κ2) is 5.30. The highest BCUT2D eigenvalue weighted by molar-refractivity contribution is 7.07. The van der Waals surface area contributed by atoms with Gasteiger partial charge in [-0.15, -0.1) is 0 Å². The molecule has 0 aliphatic heterocycles. The van der Waals surface area contributed by atoms with Crippen LogP contribution < -0.4 is 5.32 Å². The second-order valence-electron chi connectivity index (χ2n) is 5.02. The van der Waals surface area contributed by atoms with Gasteiger partial charge in [-0.25, -0.2) is 0 Å². The SMILES string of the molecule is CC(NCC1(CO)CCCC1)c1ccsc1. The molecule has 1 fully saturated rings. The summed E-state index contributed by atoms with van der Waals surface area (Å²) in [4.78, 5) is 0. The van der Waals surface area contributed by atoms with Gasteiger partial charge >= 0.3 is 0 Å². The quantitative estimate of drug-likeness (QED) is 0.828. The van der Waals surface area contributed by atoms with Crippen molar-refractivity contribution in [3.05, 3.63) is 22.4 Å². The van der Waals surface area contributed by atoms with Crippen LogP contribution >= 0.6 is 11.3 Å². The Morgan fingerprint density at radius 2 is 2.25 bits per heavy atom. The van der Waals surface area contributed by atoms with Crippen LogP contribution in [0.1, 0.15) is 44.2 Å². The van der Waals surface area contributed by atoms with Gasteiger partial charge in [-0.2, -0.15) is 11.3 Å². The number of aliphatic hydroxyl groups excluding tert-OH is 1. The molecule has 1 aliphatic rings. The van der Waals surface area contributed by atoms with E-state index in [9.17, 15) is 5.11 Å². The Kier molecular flexibility index (Phi) is 4.00. The van der Waals surface area contributed by atoms with Crippen molar-refractivity contribution in [2.45, 2.75) is 38.6 Å². The average Bonchev–Trinajstić information content (AvgIpc) is 2.98. The Balaban J connectivity index is 1.86. The van der Waals surface area contributed by atoms with Crippen LogP contribution in [0.3, 0.4) is 0 Å². The molecule has 2 N–H and O–H groups in total. The first-order valence-corrected chi connectivity index (χ1v) is 7.06. The Morgan fingerprint density at radius 1 is 1.50 bits per heavy atom. The van der Waals surface area contributed by atoms with Crippen molar-refractivity contribution in [3.8, 4) is 0 Å². The lowest BCUT2D eigenvalue weighted by atomic mass is 9.87. The molecule has 2 rings (SSSR count). The smallest absolute Gasteiger partial charge is 0.0499 e. The molecule has 90 valence electrons. The summed E-state index contributed by atoms with van der Waals surface area (Å²) in [5, 5.41) is 17.4. The lowest BCUT2D eigenvalue weighted by Gasteiger charge is -2.28. The van der Waals surface area contributed by atoms with Crippen molar-refractivity contribution in [2.24, 2.45) is 5.41 Å². The zero-order chi connectivity index (χ0) is 11.4. The maximum absolute atomic E-state index is 9.52. The molecule has 16 heavy (non-hydrogen) atoms. The van der Waals surface area contributed by atoms with Crippen molar-refractivity contribution in [3.63, 3.8) is 0 Å². The summed E-state index contributed by atoms with van der Waals surface area (Å²) < 4.78 is 0. The summed E-state index contributed by atoms with van der Waals surface area (Å²) >= 11 is 1.74. The molecule has 1 atom stereocenters. The highest BCUT2D eigenvalue weighted by atomic mass is 32.1. The highest BCUT2D eigenvalue weighted by Gasteiger charge is 2.33. The lowest BCUT2D eigenvalue weighted by molar-refractivity contribution is 0.125. The first-order valence-electron chi connectivity index (χ1n) is 6.12. The van der Waals surface area contributed by atoms with Crippen molar-refractivity contribution < 1.29 is 5.11 Å². The zero-order valence-corrected chi connectivity index (χ0v) is 10.7. The third-order valence-corrected chi connectivity index (χ3v) is 4.53. The Hall–Kier alpha value is -0.380. The maximum atomic E-state index is 9.52. The van der Waals surface area contributed by atoms with Crippen molar-refractivity contribution in [1.29, 1.82) is 0 Å². The second-order valence-corrected chi connectivity index (χ2v) is 5.80. The number of aliphatic hydroxyl groups is 1. The molecule has 1 unspecified atom stereocenters. The van der Waals surface area contributed by atoms with E-state index >= 15 is 0 Å². The molecule has 0 radical (unpaired) electrons. The summed E-state index contributed by atoms with van der Waals surface area (Å²) in [5.74, 6) is 0. The van der Waals surface area contributed by atoms with Gasteiger partial charge in [0.15, 0.2) is 0 Å². The number of rotatable bonds is 5. The van der Waals surface area contributed by atoms with E-state index in [1.54, 1.807) is 11.3 Å². The standard InChI is InChI=1S/C13H21NOS/c1-11(12-4-7-16-8-12)14-9-13(10-15)5-2-3-6-13/h4,7-8,11,14-15H,2-3,5-6,9-10H2,1H3. The van der Waals surface area contributed by atoms with E-state index in [2.05, 4.69) is 29.1 Å². The molecule has 0 spiro atoms. The summed E-state index contributed by atoms with van der Waals surface area (Å²) in [7, 11) is 0. The van der Waals surface area contributed by atoms with Gasteiger partial charge in [0.2, 0.25) is 0 Å². The van der Waals surface area contributed by atoms with Gasteiger partial charge in [-0.3, -0.25) is 0 Å². The number of hydrogen-bond donors (Lipinski definition) is 2. The minimum absolute atomic E-state index is 0.157. The number of nitrogens with one attached hydrogen (secondary N) is 1. The summed E-state index contributed by atoms with van der Waals surface area (Å²) in [6.45, 7) is 3.47. The van der Waals surface area contributed by atoms with Gasteiger partial charge in [-0.1, -0.05) is 12.8 Å². The van der Waals surface area contributed by atoms with Crippen LogP contribution in [0.4, 0.5) is 0 Å². The van der Waals surface area contributed by atoms with Crippen LogP contribution in [0.2, 0.25) is 0 Å². The summed E-state index contributed by atoms with van der Waals surface area (Å²) in [6.07, 6.45) is 4.89. The fourth-order valence-electron chi connectivity index (χ4n) is 2.52. The van der Waals surface area contributed by atoms with E-state index in [1.807, 2.05) is 0 Å². The van der Waals surface area contributed by atoms with Crippen LogP contribution in [0.15, 0.2) is 16.8 Å². The fourth-order valence-corrected chi connectivity index (χ4v) is 3.28. The van der Waals surface area contributed by atoms with Crippen LogP contribution in [0, 0.1) is 5.41 Å². The summed E-state index contributed by atoms with van der Waals surface area (Å²) in [5.41, 5.74) is 1.51. The predicted octanol–water partition coefficient (Wildman–Crippen LogP) is 2.95. The molecular formula is C13H21NOS. The predicted molar refractivity (Wildman–Crippen MR) is 68.7 cm³/mol. The number of thiophene rings is 1. The Bertz CT molecular complexity index is 304. The van der Waals surface area contributed by atoms with E-state index in [4.69, 9.17) is 0 Å². The Labute approximate surface area is 102 Å². The van der Waals surface area contributed by atoms with Crippen molar-refractivity contribution in [1.82, 2.24) is 5.32 Å². The Morgan fingerprint density at radius 3 is 2.81 bits per heavy atom. The normalized spacial score (nSPS) is 21.1. The monoisotopic (exact) mass is 239 g/mol. The van der Waals surface area contributed by atoms with Gasteiger partial charge in [0.05, 0.1) is 0 Å². The molecule has 1 aliphatic carbocycles. The lowest BCUT2D eigenvalue weighted by Crippen LogP contribution is -2.36. The maximum Gasteiger partial charge on any atom is 0.0499 e. The molecule has 0 saturated heterocycles. The molecule has 1 aromatic heterocycles. The van der Waals surface area contributed by atoms with Gasteiger partial charge in [0, 0.05) is 24.6 Å². The third kappa shape index (κ3) is 2.65. The molecule has 1 heterocycles. The molecular weight excluding hydrogens is 218 g/mol. The van der Waals surface area contributed by atoms with Gasteiger partial charge < -0.3 is 10.4 Å². The van der Waals surface area contributed by atoms with Gasteiger partial charge in [0.1, 0.15) is 0 Å². The molecule has 3 heteroatoms.